The molecule has 3 nitrogen and oxygen atoms in total. The smallest absolute Gasteiger partial charge is 0.129 e. The summed E-state index contributed by atoms with van der Waals surface area (Å²) in [5, 5.41) is 12.2. The number of aliphatic hydroxyl groups is 1. The van der Waals surface area contributed by atoms with Crippen molar-refractivity contribution in [2.24, 2.45) is 5.92 Å². The van der Waals surface area contributed by atoms with Crippen LogP contribution in [-0.4, -0.2) is 41.8 Å². The number of aromatic nitrogens is 1. The zero-order valence-corrected chi connectivity index (χ0v) is 14.5. The first-order chi connectivity index (χ1) is 10.6. The summed E-state index contributed by atoms with van der Waals surface area (Å²) >= 11 is 8.01. The topological polar surface area (TPSA) is 36.4 Å². The number of benzene rings is 1. The van der Waals surface area contributed by atoms with E-state index in [0.29, 0.717) is 5.15 Å². The molecule has 5 heteroatoms. The van der Waals surface area contributed by atoms with Crippen LogP contribution in [0.5, 0.6) is 0 Å². The fourth-order valence-corrected chi connectivity index (χ4v) is 3.97. The Morgan fingerprint density at radius 2 is 2.18 bits per heavy atom. The number of anilines is 1. The lowest BCUT2D eigenvalue weighted by molar-refractivity contribution is 0.273. The number of rotatable bonds is 5. The molecule has 118 valence electrons. The highest BCUT2D eigenvalue weighted by Crippen LogP contribution is 2.36. The van der Waals surface area contributed by atoms with Crippen LogP contribution in [0.1, 0.15) is 18.4 Å². The lowest BCUT2D eigenvalue weighted by Gasteiger charge is -2.41. The van der Waals surface area contributed by atoms with Crippen LogP contribution >= 0.6 is 23.4 Å². The van der Waals surface area contributed by atoms with Gasteiger partial charge in [0.05, 0.1) is 0 Å². The van der Waals surface area contributed by atoms with E-state index in [-0.39, 0.29) is 12.5 Å². The molecule has 0 saturated carbocycles. The van der Waals surface area contributed by atoms with E-state index in [9.17, 15) is 5.11 Å². The van der Waals surface area contributed by atoms with E-state index < -0.39 is 0 Å². The van der Waals surface area contributed by atoms with Crippen molar-refractivity contribution in [3.63, 3.8) is 0 Å². The van der Waals surface area contributed by atoms with Gasteiger partial charge in [-0.05, 0) is 35.1 Å². The predicted molar refractivity (Wildman–Crippen MR) is 96.3 cm³/mol. The molecule has 0 radical (unpaired) electrons. The fraction of sp³-hybridized carbons (Fsp3) is 0.471. The standard InChI is InChI=1S/C17H21ClN2OS/c1-11(9-21)13-3-4-16(20-7-12(8-20)10-22-2)15-6-19-17(18)5-14(13)15/h3-6,11-12,21H,7-10H2,1-2H3. The number of pyridine rings is 1. The van der Waals surface area contributed by atoms with E-state index in [0.717, 1.165) is 35.3 Å². The van der Waals surface area contributed by atoms with Gasteiger partial charge in [0.25, 0.3) is 0 Å². The largest absolute Gasteiger partial charge is 0.396 e. The lowest BCUT2D eigenvalue weighted by atomic mass is 9.93. The molecule has 0 amide bonds. The molecule has 1 fully saturated rings. The van der Waals surface area contributed by atoms with Crippen molar-refractivity contribution in [1.82, 2.24) is 4.98 Å². The molecule has 1 saturated heterocycles. The van der Waals surface area contributed by atoms with Crippen molar-refractivity contribution < 1.29 is 5.11 Å². The van der Waals surface area contributed by atoms with Gasteiger partial charge in [-0.15, -0.1) is 0 Å². The molecule has 0 spiro atoms. The highest BCUT2D eigenvalue weighted by Gasteiger charge is 2.28. The first kappa shape index (κ1) is 15.9. The van der Waals surface area contributed by atoms with Crippen LogP contribution in [-0.2, 0) is 0 Å². The van der Waals surface area contributed by atoms with Crippen LogP contribution in [0.4, 0.5) is 5.69 Å². The van der Waals surface area contributed by atoms with Crippen molar-refractivity contribution in [2.45, 2.75) is 12.8 Å². The zero-order chi connectivity index (χ0) is 15.7. The number of fused-ring (bicyclic) bond motifs is 1. The molecule has 22 heavy (non-hydrogen) atoms. The van der Waals surface area contributed by atoms with E-state index in [1.807, 2.05) is 30.9 Å². The monoisotopic (exact) mass is 336 g/mol. The summed E-state index contributed by atoms with van der Waals surface area (Å²) in [4.78, 5) is 6.67. The zero-order valence-electron chi connectivity index (χ0n) is 12.9. The third-order valence-corrected chi connectivity index (χ3v) is 5.39. The van der Waals surface area contributed by atoms with Gasteiger partial charge in [-0.3, -0.25) is 0 Å². The Morgan fingerprint density at radius 1 is 1.41 bits per heavy atom. The summed E-state index contributed by atoms with van der Waals surface area (Å²) in [7, 11) is 0. The molecule has 1 aromatic heterocycles. The number of hydrogen-bond acceptors (Lipinski definition) is 4. The summed E-state index contributed by atoms with van der Waals surface area (Å²) in [6.07, 6.45) is 4.03. The molecular formula is C17H21ClN2OS. The van der Waals surface area contributed by atoms with Crippen molar-refractivity contribution in [2.75, 3.05) is 36.6 Å². The molecule has 1 N–H and O–H groups in total. The van der Waals surface area contributed by atoms with E-state index in [1.54, 1.807) is 0 Å². The normalized spacial score (nSPS) is 16.8. The van der Waals surface area contributed by atoms with Gasteiger partial charge < -0.3 is 10.0 Å². The summed E-state index contributed by atoms with van der Waals surface area (Å²) in [6.45, 7) is 4.37. The van der Waals surface area contributed by atoms with Crippen LogP contribution in [0, 0.1) is 5.92 Å². The average molecular weight is 337 g/mol. The number of nitrogens with zero attached hydrogens (tertiary/aromatic N) is 2. The van der Waals surface area contributed by atoms with E-state index >= 15 is 0 Å². The highest BCUT2D eigenvalue weighted by atomic mass is 35.5. The molecule has 2 aromatic rings. The van der Waals surface area contributed by atoms with Crippen LogP contribution < -0.4 is 4.90 Å². The number of aliphatic hydroxyl groups excluding tert-OH is 1. The van der Waals surface area contributed by atoms with Gasteiger partial charge in [-0.25, -0.2) is 4.98 Å². The maximum Gasteiger partial charge on any atom is 0.129 e. The van der Waals surface area contributed by atoms with Crippen molar-refractivity contribution in [1.29, 1.82) is 0 Å². The maximum absolute atomic E-state index is 9.49. The molecule has 0 bridgehead atoms. The van der Waals surface area contributed by atoms with Crippen LogP contribution in [0.2, 0.25) is 5.15 Å². The minimum absolute atomic E-state index is 0.0932. The first-order valence-electron chi connectivity index (χ1n) is 7.57. The Balaban J connectivity index is 1.99. The van der Waals surface area contributed by atoms with Crippen molar-refractivity contribution in [3.8, 4) is 0 Å². The van der Waals surface area contributed by atoms with Crippen molar-refractivity contribution in [3.05, 3.63) is 35.1 Å². The Hall–Kier alpha value is -0.970. The molecular weight excluding hydrogens is 316 g/mol. The fourth-order valence-electron chi connectivity index (χ4n) is 3.13. The third kappa shape index (κ3) is 2.92. The third-order valence-electron chi connectivity index (χ3n) is 4.38. The minimum atomic E-state index is 0.0932. The average Bonchev–Trinajstić information content (AvgIpc) is 2.48. The Kier molecular flexibility index (Phi) is 4.81. The molecule has 3 rings (SSSR count). The quantitative estimate of drug-likeness (QED) is 0.843. The van der Waals surface area contributed by atoms with E-state index in [1.165, 1.54) is 11.4 Å². The Labute approximate surface area is 140 Å². The maximum atomic E-state index is 9.49. The second-order valence-corrected chi connectivity index (χ2v) is 7.33. The second-order valence-electron chi connectivity index (χ2n) is 6.04. The summed E-state index contributed by atoms with van der Waals surface area (Å²) in [6, 6.07) is 6.20. The van der Waals surface area contributed by atoms with Gasteiger partial charge in [-0.1, -0.05) is 24.6 Å². The molecule has 1 aromatic carbocycles. The van der Waals surface area contributed by atoms with Gasteiger partial charge in [0.15, 0.2) is 0 Å². The Bertz CT molecular complexity index is 673. The highest BCUT2D eigenvalue weighted by molar-refractivity contribution is 7.98. The first-order valence-corrected chi connectivity index (χ1v) is 9.34. The van der Waals surface area contributed by atoms with Gasteiger partial charge >= 0.3 is 0 Å². The van der Waals surface area contributed by atoms with E-state index in [2.05, 4.69) is 28.3 Å². The lowest BCUT2D eigenvalue weighted by Crippen LogP contribution is -2.48. The molecule has 0 aliphatic carbocycles. The molecule has 1 unspecified atom stereocenters. The summed E-state index contributed by atoms with van der Waals surface area (Å²) < 4.78 is 0. The second kappa shape index (κ2) is 6.65. The van der Waals surface area contributed by atoms with Crippen LogP contribution in [0.15, 0.2) is 24.4 Å². The molecule has 2 heterocycles. The van der Waals surface area contributed by atoms with Gasteiger partial charge in [-0.2, -0.15) is 11.8 Å². The molecule has 1 aliphatic rings. The minimum Gasteiger partial charge on any atom is -0.396 e. The molecule has 1 atom stereocenters. The van der Waals surface area contributed by atoms with Crippen LogP contribution in [0.3, 0.4) is 0 Å². The van der Waals surface area contributed by atoms with Crippen molar-refractivity contribution >= 4 is 39.8 Å². The predicted octanol–water partition coefficient (Wildman–Crippen LogP) is 3.78. The number of thioether (sulfide) groups is 1. The molecule has 1 aliphatic heterocycles. The number of hydrogen-bond donors (Lipinski definition) is 1. The van der Waals surface area contributed by atoms with Gasteiger partial charge in [0.2, 0.25) is 0 Å². The van der Waals surface area contributed by atoms with Gasteiger partial charge in [0.1, 0.15) is 5.15 Å². The summed E-state index contributed by atoms with van der Waals surface area (Å²) in [5.41, 5.74) is 2.36. The Morgan fingerprint density at radius 3 is 2.86 bits per heavy atom. The van der Waals surface area contributed by atoms with Gasteiger partial charge in [0, 0.05) is 48.8 Å². The SMILES string of the molecule is CSCC1CN(c2ccc(C(C)CO)c3cc(Cl)ncc23)C1. The summed E-state index contributed by atoms with van der Waals surface area (Å²) in [5.74, 6) is 2.09. The van der Waals surface area contributed by atoms with Crippen LogP contribution in [0.25, 0.3) is 10.8 Å². The van der Waals surface area contributed by atoms with E-state index in [4.69, 9.17) is 11.6 Å². The number of halogens is 1.